The fourth-order valence-electron chi connectivity index (χ4n) is 2.92. The van der Waals surface area contributed by atoms with Gasteiger partial charge in [-0.1, -0.05) is 0 Å². The van der Waals surface area contributed by atoms with E-state index >= 15 is 0 Å². The number of aromatic nitrogens is 1. The van der Waals surface area contributed by atoms with Crippen LogP contribution >= 0.6 is 11.3 Å². The van der Waals surface area contributed by atoms with Gasteiger partial charge in [-0.15, -0.1) is 11.3 Å². The van der Waals surface area contributed by atoms with E-state index in [1.807, 2.05) is 11.6 Å². The summed E-state index contributed by atoms with van der Waals surface area (Å²) in [6.07, 6.45) is 2.90. The number of fused-ring (bicyclic) bond motifs is 1. The molecule has 3 rings (SSSR count). The van der Waals surface area contributed by atoms with Gasteiger partial charge in [0.1, 0.15) is 5.01 Å². The Kier molecular flexibility index (Phi) is 4.12. The zero-order chi connectivity index (χ0) is 14.8. The Morgan fingerprint density at radius 3 is 2.71 bits per heavy atom. The van der Waals surface area contributed by atoms with Gasteiger partial charge in [-0.2, -0.15) is 0 Å². The smallest absolute Gasteiger partial charge is 0.161 e. The first-order chi connectivity index (χ1) is 10.2. The van der Waals surface area contributed by atoms with Crippen LogP contribution in [0.15, 0.2) is 23.7 Å². The third kappa shape index (κ3) is 2.76. The van der Waals surface area contributed by atoms with Crippen LogP contribution in [-0.4, -0.2) is 30.6 Å². The zero-order valence-electron chi connectivity index (χ0n) is 12.6. The second-order valence-corrected chi connectivity index (χ2v) is 6.21. The molecular formula is C16H20N2O2S. The topological polar surface area (TPSA) is 34.6 Å². The highest BCUT2D eigenvalue weighted by molar-refractivity contribution is 7.09. The van der Waals surface area contributed by atoms with Gasteiger partial charge in [0.05, 0.1) is 20.8 Å². The molecule has 0 saturated carbocycles. The van der Waals surface area contributed by atoms with E-state index in [9.17, 15) is 0 Å². The minimum Gasteiger partial charge on any atom is -0.493 e. The van der Waals surface area contributed by atoms with E-state index in [-0.39, 0.29) is 0 Å². The standard InChI is InChI=1S/C16H20N2O2S/c1-11-13-9-15(20-3)14(19-2)8-12(13)4-6-18(11)10-16-17-5-7-21-16/h5,7-9,11H,4,6,10H2,1-3H3/t11-/m0/s1. The van der Waals surface area contributed by atoms with Gasteiger partial charge in [0.25, 0.3) is 0 Å². The van der Waals surface area contributed by atoms with Crippen molar-refractivity contribution in [1.29, 1.82) is 0 Å². The number of hydrogen-bond acceptors (Lipinski definition) is 5. The third-order valence-electron chi connectivity index (χ3n) is 4.13. The summed E-state index contributed by atoms with van der Waals surface area (Å²) < 4.78 is 10.8. The summed E-state index contributed by atoms with van der Waals surface area (Å²) in [5.74, 6) is 1.62. The van der Waals surface area contributed by atoms with Gasteiger partial charge in [-0.25, -0.2) is 4.98 Å². The van der Waals surface area contributed by atoms with E-state index in [2.05, 4.69) is 28.9 Å². The molecule has 0 unspecified atom stereocenters. The highest BCUT2D eigenvalue weighted by Crippen LogP contribution is 2.38. The lowest BCUT2D eigenvalue weighted by Gasteiger charge is -2.35. The SMILES string of the molecule is COc1cc2c(cc1OC)[C@H](C)N(Cc1nccs1)CC2. The fourth-order valence-corrected chi connectivity index (χ4v) is 3.56. The van der Waals surface area contributed by atoms with E-state index in [0.29, 0.717) is 6.04 Å². The number of rotatable bonds is 4. The average molecular weight is 304 g/mol. The summed E-state index contributed by atoms with van der Waals surface area (Å²) in [5.41, 5.74) is 2.69. The second-order valence-electron chi connectivity index (χ2n) is 5.23. The lowest BCUT2D eigenvalue weighted by molar-refractivity contribution is 0.188. The van der Waals surface area contributed by atoms with Crippen LogP contribution in [0.4, 0.5) is 0 Å². The average Bonchev–Trinajstić information content (AvgIpc) is 3.02. The summed E-state index contributed by atoms with van der Waals surface area (Å²) in [6, 6.07) is 4.59. The van der Waals surface area contributed by atoms with Crippen LogP contribution in [0.1, 0.15) is 29.1 Å². The van der Waals surface area contributed by atoms with E-state index in [4.69, 9.17) is 9.47 Å². The molecule has 0 spiro atoms. The van der Waals surface area contributed by atoms with E-state index < -0.39 is 0 Å². The molecule has 0 aliphatic carbocycles. The zero-order valence-corrected chi connectivity index (χ0v) is 13.4. The van der Waals surface area contributed by atoms with Crippen molar-refractivity contribution in [2.24, 2.45) is 0 Å². The molecule has 1 aliphatic rings. The minimum absolute atomic E-state index is 0.359. The Labute approximate surface area is 129 Å². The maximum absolute atomic E-state index is 5.44. The molecule has 0 fully saturated rings. The molecule has 5 heteroatoms. The fraction of sp³-hybridized carbons (Fsp3) is 0.438. The monoisotopic (exact) mass is 304 g/mol. The van der Waals surface area contributed by atoms with Crippen LogP contribution in [-0.2, 0) is 13.0 Å². The molecule has 0 amide bonds. The van der Waals surface area contributed by atoms with Crippen molar-refractivity contribution in [1.82, 2.24) is 9.88 Å². The number of nitrogens with zero attached hydrogens (tertiary/aromatic N) is 2. The van der Waals surface area contributed by atoms with Gasteiger partial charge >= 0.3 is 0 Å². The number of methoxy groups -OCH3 is 2. The van der Waals surface area contributed by atoms with E-state index in [1.165, 1.54) is 16.1 Å². The van der Waals surface area contributed by atoms with Crippen molar-refractivity contribution in [2.45, 2.75) is 25.9 Å². The van der Waals surface area contributed by atoms with Gasteiger partial charge in [0.15, 0.2) is 11.5 Å². The summed E-state index contributed by atoms with van der Waals surface area (Å²) in [7, 11) is 3.37. The first-order valence-electron chi connectivity index (χ1n) is 7.10. The van der Waals surface area contributed by atoms with Crippen molar-refractivity contribution in [3.05, 3.63) is 39.8 Å². The molecule has 1 aromatic heterocycles. The number of benzene rings is 1. The van der Waals surface area contributed by atoms with Gasteiger partial charge < -0.3 is 9.47 Å². The van der Waals surface area contributed by atoms with Crippen LogP contribution in [0.3, 0.4) is 0 Å². The Balaban J connectivity index is 1.88. The van der Waals surface area contributed by atoms with Crippen molar-refractivity contribution < 1.29 is 9.47 Å². The lowest BCUT2D eigenvalue weighted by atomic mass is 9.93. The van der Waals surface area contributed by atoms with E-state index in [1.54, 1.807) is 25.6 Å². The van der Waals surface area contributed by atoms with Crippen LogP contribution in [0.5, 0.6) is 11.5 Å². The molecule has 2 heterocycles. The molecule has 0 N–H and O–H groups in total. The van der Waals surface area contributed by atoms with Gasteiger partial charge in [-0.3, -0.25) is 4.90 Å². The van der Waals surface area contributed by atoms with Crippen LogP contribution in [0, 0.1) is 0 Å². The first kappa shape index (κ1) is 14.4. The number of thiazole rings is 1. The minimum atomic E-state index is 0.359. The van der Waals surface area contributed by atoms with Gasteiger partial charge in [-0.05, 0) is 36.6 Å². The molecule has 2 aromatic rings. The van der Waals surface area contributed by atoms with Crippen LogP contribution < -0.4 is 9.47 Å². The molecular weight excluding hydrogens is 284 g/mol. The van der Waals surface area contributed by atoms with Crippen LogP contribution in [0.2, 0.25) is 0 Å². The quantitative estimate of drug-likeness (QED) is 0.868. The largest absolute Gasteiger partial charge is 0.493 e. The Morgan fingerprint density at radius 2 is 2.05 bits per heavy atom. The predicted octanol–water partition coefficient (Wildman–Crippen LogP) is 3.28. The molecule has 1 aliphatic heterocycles. The van der Waals surface area contributed by atoms with Crippen molar-refractivity contribution >= 4 is 11.3 Å². The number of ether oxygens (including phenoxy) is 2. The molecule has 1 aromatic carbocycles. The molecule has 1 atom stereocenters. The summed E-state index contributed by atoms with van der Waals surface area (Å²) >= 11 is 1.72. The normalized spacial score (nSPS) is 18.3. The van der Waals surface area contributed by atoms with E-state index in [0.717, 1.165) is 31.0 Å². The maximum Gasteiger partial charge on any atom is 0.161 e. The lowest BCUT2D eigenvalue weighted by Crippen LogP contribution is -2.33. The summed E-state index contributed by atoms with van der Waals surface area (Å²) in [6.45, 7) is 4.20. The second kappa shape index (κ2) is 6.03. The molecule has 21 heavy (non-hydrogen) atoms. The van der Waals surface area contributed by atoms with Crippen molar-refractivity contribution in [3.63, 3.8) is 0 Å². The Bertz CT molecular complexity index is 613. The maximum atomic E-state index is 5.44. The van der Waals surface area contributed by atoms with Crippen molar-refractivity contribution in [3.8, 4) is 11.5 Å². The summed E-state index contributed by atoms with van der Waals surface area (Å²) in [4.78, 5) is 6.86. The Hall–Kier alpha value is -1.59. The van der Waals surface area contributed by atoms with Crippen molar-refractivity contribution in [2.75, 3.05) is 20.8 Å². The molecule has 4 nitrogen and oxygen atoms in total. The number of hydrogen-bond donors (Lipinski definition) is 0. The highest BCUT2D eigenvalue weighted by atomic mass is 32.1. The van der Waals surface area contributed by atoms with Crippen LogP contribution in [0.25, 0.3) is 0 Å². The molecule has 0 saturated heterocycles. The molecule has 0 radical (unpaired) electrons. The van der Waals surface area contributed by atoms with Gasteiger partial charge in [0.2, 0.25) is 0 Å². The molecule has 0 bridgehead atoms. The first-order valence-corrected chi connectivity index (χ1v) is 7.98. The third-order valence-corrected chi connectivity index (χ3v) is 4.90. The molecule has 112 valence electrons. The Morgan fingerprint density at radius 1 is 1.29 bits per heavy atom. The summed E-state index contributed by atoms with van der Waals surface area (Å²) in [5, 5.41) is 3.21. The van der Waals surface area contributed by atoms with Gasteiger partial charge in [0, 0.05) is 24.2 Å². The highest BCUT2D eigenvalue weighted by Gasteiger charge is 2.26. The predicted molar refractivity (Wildman–Crippen MR) is 84.2 cm³/mol.